The average molecular weight is 231 g/mol. The number of hydrogen-bond donors (Lipinski definition) is 3. The molecule has 0 aromatic heterocycles. The van der Waals surface area contributed by atoms with Crippen molar-refractivity contribution < 1.29 is 0 Å². The van der Waals surface area contributed by atoms with E-state index in [-0.39, 0.29) is 0 Å². The summed E-state index contributed by atoms with van der Waals surface area (Å²) in [5, 5.41) is 5.54. The van der Waals surface area contributed by atoms with Gasteiger partial charge in [-0.15, -0.1) is 0 Å². The monoisotopic (exact) mass is 231 g/mol. The van der Waals surface area contributed by atoms with Gasteiger partial charge in [0.25, 0.3) is 0 Å². The summed E-state index contributed by atoms with van der Waals surface area (Å²) in [6.45, 7) is 0. The minimum absolute atomic E-state index is 0.701. The first-order valence-corrected chi connectivity index (χ1v) is 5.71. The van der Waals surface area contributed by atoms with E-state index in [1.54, 1.807) is 0 Å². The van der Waals surface area contributed by atoms with Crippen molar-refractivity contribution in [1.82, 2.24) is 0 Å². The lowest BCUT2D eigenvalue weighted by atomic mass is 10.1. The summed E-state index contributed by atoms with van der Waals surface area (Å²) in [7, 11) is 0. The molecule has 0 unspecified atom stereocenters. The van der Waals surface area contributed by atoms with Crippen molar-refractivity contribution in [3.05, 3.63) is 42.5 Å². The molecular weight excluding hydrogens is 218 g/mol. The Hall–Kier alpha value is -1.65. The number of nitrogens with two attached hydrogens (primary N) is 3. The highest BCUT2D eigenvalue weighted by atomic mass is 32.2. The van der Waals surface area contributed by atoms with E-state index in [1.165, 1.54) is 0 Å². The number of rotatable bonds is 2. The lowest BCUT2D eigenvalue weighted by Crippen LogP contribution is -1.91. The van der Waals surface area contributed by atoms with Crippen LogP contribution in [0.5, 0.6) is 0 Å². The molecule has 0 aliphatic carbocycles. The van der Waals surface area contributed by atoms with E-state index in [1.807, 2.05) is 42.5 Å². The first-order valence-electron chi connectivity index (χ1n) is 4.83. The van der Waals surface area contributed by atoms with Crippen LogP contribution in [0.25, 0.3) is 11.1 Å². The number of benzene rings is 2. The molecule has 0 amide bonds. The van der Waals surface area contributed by atoms with Crippen molar-refractivity contribution in [2.24, 2.45) is 5.14 Å². The van der Waals surface area contributed by atoms with Crippen LogP contribution in [0.15, 0.2) is 47.4 Å². The maximum absolute atomic E-state index is 5.78. The van der Waals surface area contributed by atoms with Gasteiger partial charge >= 0.3 is 0 Å². The van der Waals surface area contributed by atoms with Crippen molar-refractivity contribution in [2.75, 3.05) is 11.5 Å². The summed E-state index contributed by atoms with van der Waals surface area (Å²) in [5.74, 6) is 0. The second-order valence-corrected chi connectivity index (χ2v) is 4.17. The Kier molecular flexibility index (Phi) is 3.03. The third-order valence-corrected chi connectivity index (χ3v) is 2.99. The smallest absolute Gasteiger partial charge is 0.0465 e. The highest BCUT2D eigenvalue weighted by Crippen LogP contribution is 2.28. The van der Waals surface area contributed by atoms with Gasteiger partial charge < -0.3 is 11.5 Å². The van der Waals surface area contributed by atoms with E-state index in [4.69, 9.17) is 16.6 Å². The van der Waals surface area contributed by atoms with E-state index in [0.717, 1.165) is 33.7 Å². The van der Waals surface area contributed by atoms with Gasteiger partial charge in [-0.25, -0.2) is 0 Å². The molecule has 2 aromatic rings. The van der Waals surface area contributed by atoms with Gasteiger partial charge in [-0.3, -0.25) is 5.14 Å². The van der Waals surface area contributed by atoms with Gasteiger partial charge in [0.1, 0.15) is 0 Å². The average Bonchev–Trinajstić information content (AvgIpc) is 2.31. The maximum Gasteiger partial charge on any atom is 0.0465 e. The summed E-state index contributed by atoms with van der Waals surface area (Å²) < 4.78 is 0. The Morgan fingerprint density at radius 1 is 0.812 bits per heavy atom. The van der Waals surface area contributed by atoms with Crippen LogP contribution in [-0.4, -0.2) is 0 Å². The SMILES string of the molecule is NSc1cc(-c2ccc(N)cc2)ccc1N. The molecule has 6 N–H and O–H groups in total. The molecule has 0 fully saturated rings. The molecule has 82 valence electrons. The quantitative estimate of drug-likeness (QED) is 0.548. The molecule has 0 spiro atoms. The zero-order valence-corrected chi connectivity index (χ0v) is 9.50. The van der Waals surface area contributed by atoms with Crippen molar-refractivity contribution in [1.29, 1.82) is 0 Å². The Balaban J connectivity index is 2.44. The molecule has 0 saturated carbocycles. The first-order chi connectivity index (χ1) is 7.70. The maximum atomic E-state index is 5.78. The Labute approximate surface area is 98.8 Å². The minimum Gasteiger partial charge on any atom is -0.399 e. The topological polar surface area (TPSA) is 78.1 Å². The molecule has 0 heterocycles. The zero-order chi connectivity index (χ0) is 11.5. The normalized spacial score (nSPS) is 10.3. The minimum atomic E-state index is 0.701. The van der Waals surface area contributed by atoms with Gasteiger partial charge in [0.05, 0.1) is 0 Å². The third-order valence-electron chi connectivity index (χ3n) is 2.38. The zero-order valence-electron chi connectivity index (χ0n) is 8.68. The van der Waals surface area contributed by atoms with E-state index < -0.39 is 0 Å². The summed E-state index contributed by atoms with van der Waals surface area (Å²) in [6, 6.07) is 13.5. The van der Waals surface area contributed by atoms with Crippen molar-refractivity contribution in [2.45, 2.75) is 4.90 Å². The van der Waals surface area contributed by atoms with Gasteiger partial charge in [-0.05, 0) is 47.3 Å². The first kappa shape index (κ1) is 10.9. The molecule has 2 aromatic carbocycles. The summed E-state index contributed by atoms with van der Waals surface area (Å²) >= 11 is 1.16. The predicted molar refractivity (Wildman–Crippen MR) is 70.7 cm³/mol. The fourth-order valence-corrected chi connectivity index (χ4v) is 1.89. The highest BCUT2D eigenvalue weighted by molar-refractivity contribution is 7.97. The van der Waals surface area contributed by atoms with Crippen LogP contribution >= 0.6 is 11.9 Å². The lowest BCUT2D eigenvalue weighted by molar-refractivity contribution is 1.45. The van der Waals surface area contributed by atoms with E-state index in [0.29, 0.717) is 5.69 Å². The Bertz CT molecular complexity index is 494. The molecule has 0 atom stereocenters. The standard InChI is InChI=1S/C12H13N3S/c13-10-4-1-8(2-5-10)9-3-6-11(14)12(7-9)16-15/h1-7H,13-15H2. The number of anilines is 2. The van der Waals surface area contributed by atoms with Crippen molar-refractivity contribution in [3.8, 4) is 11.1 Å². The molecule has 0 bridgehead atoms. The number of hydrogen-bond acceptors (Lipinski definition) is 4. The van der Waals surface area contributed by atoms with Gasteiger partial charge in [0.15, 0.2) is 0 Å². The molecule has 0 aliphatic rings. The number of nitrogen functional groups attached to an aromatic ring is 2. The van der Waals surface area contributed by atoms with Crippen LogP contribution in [0.4, 0.5) is 11.4 Å². The third kappa shape index (κ3) is 2.13. The molecule has 0 saturated heterocycles. The second-order valence-electron chi connectivity index (χ2n) is 3.49. The van der Waals surface area contributed by atoms with Crippen LogP contribution in [0.3, 0.4) is 0 Å². The van der Waals surface area contributed by atoms with E-state index >= 15 is 0 Å². The largest absolute Gasteiger partial charge is 0.399 e. The molecule has 0 aliphatic heterocycles. The lowest BCUT2D eigenvalue weighted by Gasteiger charge is -2.06. The predicted octanol–water partition coefficient (Wildman–Crippen LogP) is 2.48. The van der Waals surface area contributed by atoms with Crippen LogP contribution in [0.1, 0.15) is 0 Å². The molecule has 3 nitrogen and oxygen atoms in total. The Morgan fingerprint density at radius 3 is 2.06 bits per heavy atom. The Morgan fingerprint density at radius 2 is 1.44 bits per heavy atom. The molecule has 0 radical (unpaired) electrons. The summed E-state index contributed by atoms with van der Waals surface area (Å²) in [5.41, 5.74) is 15.1. The summed E-state index contributed by atoms with van der Waals surface area (Å²) in [6.07, 6.45) is 0. The van der Waals surface area contributed by atoms with Gasteiger partial charge in [0, 0.05) is 16.3 Å². The van der Waals surface area contributed by atoms with Gasteiger partial charge in [-0.2, -0.15) is 0 Å². The van der Waals surface area contributed by atoms with Crippen LogP contribution in [0.2, 0.25) is 0 Å². The fourth-order valence-electron chi connectivity index (χ4n) is 1.49. The molecule has 2 rings (SSSR count). The van der Waals surface area contributed by atoms with Crippen LogP contribution in [-0.2, 0) is 0 Å². The van der Waals surface area contributed by atoms with Crippen LogP contribution < -0.4 is 16.6 Å². The summed E-state index contributed by atoms with van der Waals surface area (Å²) in [4.78, 5) is 0.884. The van der Waals surface area contributed by atoms with Crippen molar-refractivity contribution >= 4 is 23.3 Å². The van der Waals surface area contributed by atoms with E-state index in [9.17, 15) is 0 Å². The van der Waals surface area contributed by atoms with E-state index in [2.05, 4.69) is 0 Å². The molecule has 4 heteroatoms. The fraction of sp³-hybridized carbons (Fsp3) is 0. The van der Waals surface area contributed by atoms with Gasteiger partial charge in [0.2, 0.25) is 0 Å². The second kappa shape index (κ2) is 4.47. The van der Waals surface area contributed by atoms with Gasteiger partial charge in [-0.1, -0.05) is 18.2 Å². The highest BCUT2D eigenvalue weighted by Gasteiger charge is 2.02. The molecule has 16 heavy (non-hydrogen) atoms. The van der Waals surface area contributed by atoms with Crippen molar-refractivity contribution in [3.63, 3.8) is 0 Å². The van der Waals surface area contributed by atoms with Crippen LogP contribution in [0, 0.1) is 0 Å². The molecular formula is C12H13N3S.